The topological polar surface area (TPSA) is 40.5 Å². The lowest BCUT2D eigenvalue weighted by atomic mass is 9.53. The number of aliphatic hydroxyl groups is 1. The lowest BCUT2D eigenvalue weighted by Crippen LogP contribution is -2.45. The molecule has 0 bridgehead atoms. The van der Waals surface area contributed by atoms with E-state index in [0.29, 0.717) is 30.0 Å². The summed E-state index contributed by atoms with van der Waals surface area (Å²) in [5.41, 5.74) is 5.87. The molecule has 0 aliphatic heterocycles. The van der Waals surface area contributed by atoms with Gasteiger partial charge in [-0.2, -0.15) is 0 Å². The number of carbonyl (C=O) groups excluding carboxylic acids is 1. The Morgan fingerprint density at radius 2 is 1.75 bits per heavy atom. The summed E-state index contributed by atoms with van der Waals surface area (Å²) in [6, 6.07) is 9.09. The van der Waals surface area contributed by atoms with Crippen molar-refractivity contribution in [3.05, 3.63) is 52.6 Å². The van der Waals surface area contributed by atoms with Crippen LogP contribution in [0.5, 0.6) is 0 Å². The Labute approximate surface area is 222 Å². The summed E-state index contributed by atoms with van der Waals surface area (Å²) >= 11 is 1.74. The van der Waals surface area contributed by atoms with E-state index in [1.165, 1.54) is 21.6 Å². The van der Waals surface area contributed by atoms with Crippen LogP contribution in [-0.4, -0.2) is 35.4 Å². The lowest BCUT2D eigenvalue weighted by Gasteiger charge is -2.52. The van der Waals surface area contributed by atoms with E-state index in [1.807, 2.05) is 26.8 Å². The van der Waals surface area contributed by atoms with Crippen molar-refractivity contribution < 1.29 is 9.90 Å². The first-order chi connectivity index (χ1) is 16.9. The highest BCUT2D eigenvalue weighted by molar-refractivity contribution is 7.97. The molecule has 2 saturated carbocycles. The van der Waals surface area contributed by atoms with E-state index >= 15 is 0 Å². The van der Waals surface area contributed by atoms with E-state index in [4.69, 9.17) is 6.42 Å². The fraction of sp³-hybridized carbons (Fsp3) is 0.594. The predicted octanol–water partition coefficient (Wildman–Crippen LogP) is 7.18. The van der Waals surface area contributed by atoms with Gasteiger partial charge in [-0.1, -0.05) is 24.6 Å². The third kappa shape index (κ3) is 5.54. The van der Waals surface area contributed by atoms with Gasteiger partial charge in [0.1, 0.15) is 0 Å². The molecule has 5 unspecified atom stereocenters. The highest BCUT2D eigenvalue weighted by Crippen LogP contribution is 2.63. The number of benzene rings is 1. The molecule has 0 saturated heterocycles. The Morgan fingerprint density at radius 1 is 1.08 bits per heavy atom. The molecule has 1 N–H and O–H groups in total. The third-order valence-corrected chi connectivity index (χ3v) is 9.53. The number of nitrogens with zero attached hydrogens (tertiary/aromatic N) is 1. The highest BCUT2D eigenvalue weighted by Gasteiger charge is 2.56. The Morgan fingerprint density at radius 3 is 2.36 bits per heavy atom. The molecule has 5 rings (SSSR count). The molecular weight excluding hydrogens is 462 g/mol. The van der Waals surface area contributed by atoms with Gasteiger partial charge in [0.2, 0.25) is 0 Å². The second-order valence-electron chi connectivity index (χ2n) is 12.5. The normalized spacial score (nSPS) is 31.5. The summed E-state index contributed by atoms with van der Waals surface area (Å²) in [6.07, 6.45) is 13.6. The zero-order valence-electron chi connectivity index (χ0n) is 22.9. The molecule has 0 radical (unpaired) electrons. The summed E-state index contributed by atoms with van der Waals surface area (Å²) in [5, 5.41) is 11.0. The van der Waals surface area contributed by atoms with E-state index in [1.54, 1.807) is 17.5 Å². The molecule has 1 aromatic rings. The lowest BCUT2D eigenvalue weighted by molar-refractivity contribution is -0.114. The van der Waals surface area contributed by atoms with Crippen molar-refractivity contribution in [3.8, 4) is 12.3 Å². The highest BCUT2D eigenvalue weighted by atomic mass is 32.2. The summed E-state index contributed by atoms with van der Waals surface area (Å²) in [4.78, 5) is 13.3. The quantitative estimate of drug-likeness (QED) is 0.349. The van der Waals surface area contributed by atoms with Crippen molar-refractivity contribution in [3.63, 3.8) is 0 Å². The molecule has 4 aliphatic rings. The minimum Gasteiger partial charge on any atom is -0.393 e. The molecule has 1 aromatic carbocycles. The summed E-state index contributed by atoms with van der Waals surface area (Å²) in [6.45, 7) is 8.36. The standard InChI is InChI=1S/C26H33NO2S.C6H10/c1-26-15-22(16-4-8-19(9-5-16)30-27(2)3)25-20-11-7-18(28)14-17(20)6-10-21(25)23(26)12-13-24(26)29;1-5-6(2,3)4/h4-5,8-9,14,21-24,29H,6-7,10-13,15H2,1-3H3;1H,2-4H3. The number of carbonyl (C=O) groups is 1. The van der Waals surface area contributed by atoms with Gasteiger partial charge in [0.05, 0.1) is 6.10 Å². The Bertz CT molecular complexity index is 1080. The number of terminal acetylenes is 1. The van der Waals surface area contributed by atoms with Crippen LogP contribution in [0.2, 0.25) is 0 Å². The number of ketones is 1. The maximum absolute atomic E-state index is 12.1. The fourth-order valence-corrected chi connectivity index (χ4v) is 7.58. The number of hydrogen-bond donors (Lipinski definition) is 1. The molecule has 5 atom stereocenters. The smallest absolute Gasteiger partial charge is 0.156 e. The van der Waals surface area contributed by atoms with Crippen LogP contribution >= 0.6 is 11.9 Å². The molecule has 0 spiro atoms. The van der Waals surface area contributed by atoms with Gasteiger partial charge in [0.15, 0.2) is 5.78 Å². The van der Waals surface area contributed by atoms with Crippen molar-refractivity contribution in [2.75, 3.05) is 14.1 Å². The van der Waals surface area contributed by atoms with Gasteiger partial charge in [0.25, 0.3) is 0 Å². The number of rotatable bonds is 3. The fourth-order valence-electron chi connectivity index (χ4n) is 6.90. The van der Waals surface area contributed by atoms with Crippen LogP contribution in [0.15, 0.2) is 52.0 Å². The van der Waals surface area contributed by atoms with Crippen LogP contribution in [0, 0.1) is 35.0 Å². The molecular formula is C32H43NO2S. The monoisotopic (exact) mass is 505 g/mol. The zero-order valence-corrected chi connectivity index (χ0v) is 23.8. The first-order valence-corrected chi connectivity index (χ1v) is 14.3. The molecule has 36 heavy (non-hydrogen) atoms. The van der Waals surface area contributed by atoms with Crippen molar-refractivity contribution in [2.45, 2.75) is 89.6 Å². The molecule has 4 heteroatoms. The second kappa shape index (κ2) is 10.5. The molecule has 3 nitrogen and oxygen atoms in total. The Balaban J connectivity index is 0.000000455. The molecule has 194 valence electrons. The number of allylic oxidation sites excluding steroid dienone is 4. The predicted molar refractivity (Wildman–Crippen MR) is 151 cm³/mol. The van der Waals surface area contributed by atoms with Crippen LogP contribution in [0.25, 0.3) is 0 Å². The van der Waals surface area contributed by atoms with Gasteiger partial charge in [-0.15, -0.1) is 12.3 Å². The van der Waals surface area contributed by atoms with Gasteiger partial charge in [-0.25, -0.2) is 0 Å². The molecule has 2 fully saturated rings. The van der Waals surface area contributed by atoms with Gasteiger partial charge in [-0.3, -0.25) is 9.10 Å². The SMILES string of the molecule is C#CC(C)(C)C.CN(C)Sc1ccc(C2CC3(C)C(O)CCC3C3CCC4=CC(=O)CCC4=C23)cc1. The molecule has 0 amide bonds. The van der Waals surface area contributed by atoms with E-state index in [-0.39, 0.29) is 16.9 Å². The van der Waals surface area contributed by atoms with Crippen molar-refractivity contribution in [1.29, 1.82) is 0 Å². The molecule has 0 aromatic heterocycles. The minimum atomic E-state index is -0.190. The van der Waals surface area contributed by atoms with Gasteiger partial charge in [-0.05, 0) is 138 Å². The van der Waals surface area contributed by atoms with Crippen LogP contribution in [0.4, 0.5) is 0 Å². The molecule has 4 aliphatic carbocycles. The van der Waals surface area contributed by atoms with Crippen LogP contribution in [0.3, 0.4) is 0 Å². The van der Waals surface area contributed by atoms with Crippen LogP contribution in [0.1, 0.15) is 84.1 Å². The maximum Gasteiger partial charge on any atom is 0.156 e. The van der Waals surface area contributed by atoms with Crippen molar-refractivity contribution in [1.82, 2.24) is 4.31 Å². The summed E-state index contributed by atoms with van der Waals surface area (Å²) in [5.74, 6) is 4.39. The van der Waals surface area contributed by atoms with Crippen molar-refractivity contribution >= 4 is 17.7 Å². The first-order valence-electron chi connectivity index (χ1n) is 13.5. The minimum absolute atomic E-state index is 0.00214. The molecule has 0 heterocycles. The Kier molecular flexibility index (Phi) is 7.96. The van der Waals surface area contributed by atoms with Crippen LogP contribution < -0.4 is 0 Å². The van der Waals surface area contributed by atoms with E-state index in [9.17, 15) is 9.90 Å². The number of fused-ring (bicyclic) bond motifs is 4. The largest absolute Gasteiger partial charge is 0.393 e. The average molecular weight is 506 g/mol. The summed E-state index contributed by atoms with van der Waals surface area (Å²) < 4.78 is 2.12. The van der Waals surface area contributed by atoms with E-state index in [0.717, 1.165) is 38.5 Å². The number of aliphatic hydroxyl groups excluding tert-OH is 1. The zero-order chi connectivity index (χ0) is 26.3. The van der Waals surface area contributed by atoms with Crippen LogP contribution in [-0.2, 0) is 4.79 Å². The van der Waals surface area contributed by atoms with Gasteiger partial charge in [0, 0.05) is 22.6 Å². The first kappa shape index (κ1) is 27.2. The number of hydrogen-bond acceptors (Lipinski definition) is 4. The van der Waals surface area contributed by atoms with E-state index < -0.39 is 0 Å². The second-order valence-corrected chi connectivity index (χ2v) is 13.9. The van der Waals surface area contributed by atoms with Gasteiger partial charge >= 0.3 is 0 Å². The average Bonchev–Trinajstić information content (AvgIpc) is 3.12. The van der Waals surface area contributed by atoms with Crippen molar-refractivity contribution in [2.24, 2.45) is 22.7 Å². The maximum atomic E-state index is 12.1. The Hall–Kier alpha value is -1.80. The van der Waals surface area contributed by atoms with E-state index in [2.05, 4.69) is 55.5 Å². The third-order valence-electron chi connectivity index (χ3n) is 8.68. The van der Waals surface area contributed by atoms with Gasteiger partial charge < -0.3 is 5.11 Å². The summed E-state index contributed by atoms with van der Waals surface area (Å²) in [7, 11) is 4.14.